The number of aliphatic carboxylic acids is 1. The Morgan fingerprint density at radius 2 is 1.83 bits per heavy atom. The minimum Gasteiger partial charge on any atom is -0.481 e. The summed E-state index contributed by atoms with van der Waals surface area (Å²) in [7, 11) is -3.85. The minimum atomic E-state index is -3.85. The van der Waals surface area contributed by atoms with Crippen molar-refractivity contribution in [2.75, 3.05) is 0 Å². The second-order valence-electron chi connectivity index (χ2n) is 7.09. The van der Waals surface area contributed by atoms with Gasteiger partial charge >= 0.3 is 5.97 Å². The van der Waals surface area contributed by atoms with E-state index in [0.29, 0.717) is 36.0 Å². The number of fused-ring (bicyclic) bond motifs is 3. The highest BCUT2D eigenvalue weighted by atomic mass is 32.2. The van der Waals surface area contributed by atoms with Crippen LogP contribution in [0.1, 0.15) is 23.2 Å². The van der Waals surface area contributed by atoms with Crippen LogP contribution in [0.5, 0.6) is 0 Å². The molecule has 1 aliphatic rings. The maximum atomic E-state index is 13.8. The smallest absolute Gasteiger partial charge is 0.307 e. The standard InChI is InChI=1S/C20H18F2N2O4S/c21-12-1-5-15(6-2-12)29(27,28)23-14-4-7-16-17(10-20(25)26)18-8-3-13(22)11-24(18)19(16)9-14/h1-3,5-6,8,11,14,23H,4,7,9-10H2,(H,25,26). The van der Waals surface area contributed by atoms with E-state index in [9.17, 15) is 27.1 Å². The number of carbonyl (C=O) groups is 1. The first-order valence-corrected chi connectivity index (χ1v) is 10.5. The van der Waals surface area contributed by atoms with Gasteiger partial charge in [0.2, 0.25) is 10.0 Å². The molecular formula is C20H18F2N2O4S. The summed E-state index contributed by atoms with van der Waals surface area (Å²) in [5.41, 5.74) is 2.78. The first kappa shape index (κ1) is 19.5. The van der Waals surface area contributed by atoms with E-state index in [4.69, 9.17) is 0 Å². The molecule has 0 spiro atoms. The molecule has 0 bridgehead atoms. The van der Waals surface area contributed by atoms with Gasteiger partial charge in [-0.1, -0.05) is 0 Å². The Labute approximate surface area is 165 Å². The molecule has 1 unspecified atom stereocenters. The number of carboxylic acids is 1. The molecule has 1 aromatic carbocycles. The molecule has 2 N–H and O–H groups in total. The molecule has 4 rings (SSSR count). The fourth-order valence-electron chi connectivity index (χ4n) is 3.94. The second kappa shape index (κ2) is 7.23. The number of hydrogen-bond acceptors (Lipinski definition) is 3. The van der Waals surface area contributed by atoms with Crippen molar-refractivity contribution >= 4 is 21.5 Å². The molecule has 0 amide bonds. The van der Waals surface area contributed by atoms with Gasteiger partial charge in [0.1, 0.15) is 11.6 Å². The normalized spacial score (nSPS) is 16.7. The number of sulfonamides is 1. The number of aromatic nitrogens is 1. The van der Waals surface area contributed by atoms with E-state index in [-0.39, 0.29) is 11.3 Å². The Morgan fingerprint density at radius 1 is 1.14 bits per heavy atom. The number of pyridine rings is 1. The molecule has 152 valence electrons. The Morgan fingerprint density at radius 3 is 2.52 bits per heavy atom. The number of nitrogens with zero attached hydrogens (tertiary/aromatic N) is 1. The van der Waals surface area contributed by atoms with E-state index in [2.05, 4.69) is 4.72 Å². The van der Waals surface area contributed by atoms with E-state index < -0.39 is 33.7 Å². The van der Waals surface area contributed by atoms with Crippen LogP contribution < -0.4 is 4.72 Å². The molecule has 6 nitrogen and oxygen atoms in total. The average Bonchev–Trinajstić information content (AvgIpc) is 2.94. The molecule has 0 radical (unpaired) electrons. The van der Waals surface area contributed by atoms with E-state index in [1.54, 1.807) is 10.5 Å². The number of hydrogen-bond donors (Lipinski definition) is 2. The Bertz CT molecular complexity index is 1200. The van der Waals surface area contributed by atoms with Crippen molar-refractivity contribution in [1.82, 2.24) is 9.12 Å². The van der Waals surface area contributed by atoms with Gasteiger partial charge in [0.05, 0.1) is 11.3 Å². The molecule has 0 saturated carbocycles. The Hall–Kier alpha value is -2.78. The third kappa shape index (κ3) is 3.75. The fourth-order valence-corrected chi connectivity index (χ4v) is 5.21. The first-order valence-electron chi connectivity index (χ1n) is 9.04. The third-order valence-corrected chi connectivity index (χ3v) is 6.72. The zero-order chi connectivity index (χ0) is 20.8. The number of nitrogens with one attached hydrogen (secondary N) is 1. The second-order valence-corrected chi connectivity index (χ2v) is 8.81. The summed E-state index contributed by atoms with van der Waals surface area (Å²) < 4.78 is 56.4. The highest BCUT2D eigenvalue weighted by Crippen LogP contribution is 2.32. The van der Waals surface area contributed by atoms with Crippen LogP contribution in [0.25, 0.3) is 5.52 Å². The maximum absolute atomic E-state index is 13.8. The van der Waals surface area contributed by atoms with E-state index in [1.165, 1.54) is 24.4 Å². The zero-order valence-electron chi connectivity index (χ0n) is 15.2. The molecule has 3 aromatic rings. The first-order chi connectivity index (χ1) is 13.7. The van der Waals surface area contributed by atoms with Crippen LogP contribution in [-0.4, -0.2) is 29.9 Å². The molecule has 0 saturated heterocycles. The van der Waals surface area contributed by atoms with Crippen LogP contribution in [0.15, 0.2) is 47.5 Å². The minimum absolute atomic E-state index is 0.0395. The van der Waals surface area contributed by atoms with Crippen LogP contribution >= 0.6 is 0 Å². The van der Waals surface area contributed by atoms with E-state index >= 15 is 0 Å². The number of benzene rings is 1. The Balaban J connectivity index is 1.67. The summed E-state index contributed by atoms with van der Waals surface area (Å²) in [6.07, 6.45) is 2.34. The summed E-state index contributed by atoms with van der Waals surface area (Å²) >= 11 is 0. The molecule has 0 fully saturated rings. The fraction of sp³-hybridized carbons (Fsp3) is 0.250. The van der Waals surface area contributed by atoms with Gasteiger partial charge in [0, 0.05) is 29.9 Å². The van der Waals surface area contributed by atoms with Crippen molar-refractivity contribution in [2.24, 2.45) is 0 Å². The summed E-state index contributed by atoms with van der Waals surface area (Å²) in [4.78, 5) is 11.3. The van der Waals surface area contributed by atoms with Crippen LogP contribution in [0, 0.1) is 11.6 Å². The van der Waals surface area contributed by atoms with Crippen LogP contribution in [0.4, 0.5) is 8.78 Å². The lowest BCUT2D eigenvalue weighted by atomic mass is 9.90. The molecule has 2 aromatic heterocycles. The lowest BCUT2D eigenvalue weighted by Crippen LogP contribution is -2.39. The summed E-state index contributed by atoms with van der Waals surface area (Å²) in [6, 6.07) is 6.92. The van der Waals surface area contributed by atoms with E-state index in [0.717, 1.165) is 17.7 Å². The molecule has 1 atom stereocenters. The lowest BCUT2D eigenvalue weighted by Gasteiger charge is -2.24. The topological polar surface area (TPSA) is 87.9 Å². The van der Waals surface area contributed by atoms with Crippen LogP contribution in [-0.2, 0) is 34.1 Å². The van der Waals surface area contributed by atoms with Gasteiger partial charge in [-0.25, -0.2) is 21.9 Å². The summed E-state index contributed by atoms with van der Waals surface area (Å²) in [5, 5.41) is 9.25. The van der Waals surface area contributed by atoms with Crippen LogP contribution in [0.3, 0.4) is 0 Å². The van der Waals surface area contributed by atoms with Gasteiger partial charge in [0.25, 0.3) is 0 Å². The number of rotatable bonds is 5. The molecule has 2 heterocycles. The lowest BCUT2D eigenvalue weighted by molar-refractivity contribution is -0.136. The van der Waals surface area contributed by atoms with Crippen LogP contribution in [0.2, 0.25) is 0 Å². The van der Waals surface area contributed by atoms with Crippen molar-refractivity contribution in [3.63, 3.8) is 0 Å². The number of carboxylic acid groups (broad SMARTS) is 1. The summed E-state index contributed by atoms with van der Waals surface area (Å²) in [6.45, 7) is 0. The summed E-state index contributed by atoms with van der Waals surface area (Å²) in [5.74, 6) is -1.98. The Kier molecular flexibility index (Phi) is 4.87. The maximum Gasteiger partial charge on any atom is 0.307 e. The van der Waals surface area contributed by atoms with Crippen molar-refractivity contribution < 1.29 is 27.1 Å². The van der Waals surface area contributed by atoms with E-state index in [1.807, 2.05) is 0 Å². The van der Waals surface area contributed by atoms with Crippen molar-refractivity contribution in [3.8, 4) is 0 Å². The molecule has 9 heteroatoms. The van der Waals surface area contributed by atoms with Gasteiger partial charge in [-0.05, 0) is 60.4 Å². The molecule has 29 heavy (non-hydrogen) atoms. The zero-order valence-corrected chi connectivity index (χ0v) is 16.0. The monoisotopic (exact) mass is 420 g/mol. The third-order valence-electron chi connectivity index (χ3n) is 5.18. The molecule has 0 aliphatic heterocycles. The quantitative estimate of drug-likeness (QED) is 0.664. The van der Waals surface area contributed by atoms with Gasteiger partial charge in [-0.2, -0.15) is 0 Å². The number of halogens is 2. The van der Waals surface area contributed by atoms with Gasteiger partial charge in [0.15, 0.2) is 0 Å². The molecular weight excluding hydrogens is 402 g/mol. The highest BCUT2D eigenvalue weighted by molar-refractivity contribution is 7.89. The molecule has 1 aliphatic carbocycles. The van der Waals surface area contributed by atoms with Gasteiger partial charge < -0.3 is 9.51 Å². The van der Waals surface area contributed by atoms with Crippen molar-refractivity contribution in [1.29, 1.82) is 0 Å². The van der Waals surface area contributed by atoms with Crippen molar-refractivity contribution in [2.45, 2.75) is 36.6 Å². The predicted molar refractivity (Wildman–Crippen MR) is 101 cm³/mol. The highest BCUT2D eigenvalue weighted by Gasteiger charge is 2.29. The van der Waals surface area contributed by atoms with Gasteiger partial charge in [-0.3, -0.25) is 4.79 Å². The SMILES string of the molecule is O=C(O)Cc1c2c(n3cc(F)ccc13)CC(NS(=O)(=O)c1ccc(F)cc1)CC2. The predicted octanol–water partition coefficient (Wildman–Crippen LogP) is 2.68. The largest absolute Gasteiger partial charge is 0.481 e. The van der Waals surface area contributed by atoms with Crippen molar-refractivity contribution in [3.05, 3.63) is 71.1 Å². The average molecular weight is 420 g/mol. The van der Waals surface area contributed by atoms with Gasteiger partial charge in [-0.15, -0.1) is 0 Å².